The van der Waals surface area contributed by atoms with Crippen LogP contribution < -0.4 is 10.1 Å². The molecule has 6 nitrogen and oxygen atoms in total. The molecule has 2 amide bonds. The first-order chi connectivity index (χ1) is 18.2. The standard InChI is InChI=1S/C31H33N3O3/c1-37-27-17-13-24(14-18-27)10-9-23-11-15-25(16-12-23)30-28-21-33(19-5-6-20-34(28)29(30)22-35)31(36)32-26-7-3-2-4-8-26/h2-4,7-8,11-18,28-30,35H,5-6,19-22H2,1H3,(H,32,36)/t28-,29+,30+/m0/s1. The highest BCUT2D eigenvalue weighted by Crippen LogP contribution is 2.42. The first-order valence-electron chi connectivity index (χ1n) is 12.9. The number of anilines is 1. The van der Waals surface area contributed by atoms with Gasteiger partial charge in [-0.1, -0.05) is 42.2 Å². The molecule has 0 aromatic heterocycles. The Balaban J connectivity index is 1.30. The lowest BCUT2D eigenvalue weighted by Gasteiger charge is -2.57. The zero-order valence-corrected chi connectivity index (χ0v) is 21.1. The average molecular weight is 496 g/mol. The minimum absolute atomic E-state index is 0.0663. The molecule has 0 radical (unpaired) electrons. The lowest BCUT2D eigenvalue weighted by molar-refractivity contribution is -0.0585. The number of ether oxygens (including phenoxy) is 1. The molecule has 0 saturated carbocycles. The molecular formula is C31H33N3O3. The predicted octanol–water partition coefficient (Wildman–Crippen LogP) is 4.55. The van der Waals surface area contributed by atoms with Gasteiger partial charge in [0.15, 0.2) is 0 Å². The number of para-hydroxylation sites is 1. The average Bonchev–Trinajstić information content (AvgIpc) is 2.92. The van der Waals surface area contributed by atoms with Crippen molar-refractivity contribution in [2.45, 2.75) is 30.8 Å². The number of nitrogens with zero attached hydrogens (tertiary/aromatic N) is 2. The number of rotatable bonds is 4. The summed E-state index contributed by atoms with van der Waals surface area (Å²) in [5.74, 6) is 7.42. The van der Waals surface area contributed by atoms with Crippen LogP contribution in [0.1, 0.15) is 35.4 Å². The van der Waals surface area contributed by atoms with E-state index < -0.39 is 0 Å². The zero-order chi connectivity index (χ0) is 25.6. The molecule has 6 heteroatoms. The van der Waals surface area contributed by atoms with Crippen LogP contribution >= 0.6 is 0 Å². The zero-order valence-electron chi connectivity index (χ0n) is 21.1. The number of carbonyl (C=O) groups is 1. The fourth-order valence-corrected chi connectivity index (χ4v) is 5.46. The summed E-state index contributed by atoms with van der Waals surface area (Å²) in [6, 6.07) is 25.8. The Bertz CT molecular complexity index is 1250. The van der Waals surface area contributed by atoms with Crippen molar-refractivity contribution in [2.75, 3.05) is 38.7 Å². The Labute approximate surface area is 218 Å². The Morgan fingerprint density at radius 3 is 2.24 bits per heavy atom. The highest BCUT2D eigenvalue weighted by atomic mass is 16.5. The van der Waals surface area contributed by atoms with Crippen LogP contribution in [0.4, 0.5) is 10.5 Å². The van der Waals surface area contributed by atoms with Crippen LogP contribution in [-0.2, 0) is 0 Å². The monoisotopic (exact) mass is 495 g/mol. The van der Waals surface area contributed by atoms with E-state index in [0.29, 0.717) is 6.54 Å². The summed E-state index contributed by atoms with van der Waals surface area (Å²) in [4.78, 5) is 17.4. The molecule has 2 N–H and O–H groups in total. The quantitative estimate of drug-likeness (QED) is 0.521. The number of carbonyl (C=O) groups excluding carboxylic acids is 1. The van der Waals surface area contributed by atoms with E-state index in [0.717, 1.165) is 48.5 Å². The lowest BCUT2D eigenvalue weighted by atomic mass is 9.74. The normalized spacial score (nSPS) is 21.4. The van der Waals surface area contributed by atoms with Crippen LogP contribution in [-0.4, -0.2) is 66.4 Å². The highest BCUT2D eigenvalue weighted by molar-refractivity contribution is 5.89. The fraction of sp³-hybridized carbons (Fsp3) is 0.323. The van der Waals surface area contributed by atoms with E-state index in [4.69, 9.17) is 4.74 Å². The van der Waals surface area contributed by atoms with Gasteiger partial charge in [0.2, 0.25) is 0 Å². The van der Waals surface area contributed by atoms with E-state index in [1.165, 1.54) is 5.56 Å². The summed E-state index contributed by atoms with van der Waals surface area (Å²) in [5, 5.41) is 13.3. The molecule has 37 heavy (non-hydrogen) atoms. The molecule has 2 saturated heterocycles. The van der Waals surface area contributed by atoms with Gasteiger partial charge in [0.05, 0.1) is 13.7 Å². The van der Waals surface area contributed by atoms with E-state index in [2.05, 4.69) is 34.2 Å². The number of benzene rings is 3. The van der Waals surface area contributed by atoms with Gasteiger partial charge in [-0.25, -0.2) is 4.79 Å². The molecule has 0 spiro atoms. The number of aliphatic hydroxyl groups excluding tert-OH is 1. The highest BCUT2D eigenvalue weighted by Gasteiger charge is 2.49. The molecule has 3 aromatic rings. The van der Waals surface area contributed by atoms with Crippen LogP contribution in [0, 0.1) is 11.8 Å². The number of methoxy groups -OCH3 is 1. The van der Waals surface area contributed by atoms with Gasteiger partial charge in [-0.2, -0.15) is 0 Å². The van der Waals surface area contributed by atoms with Crippen molar-refractivity contribution in [3.05, 3.63) is 95.6 Å². The molecule has 2 heterocycles. The topological polar surface area (TPSA) is 65.0 Å². The van der Waals surface area contributed by atoms with E-state index in [-0.39, 0.29) is 30.6 Å². The van der Waals surface area contributed by atoms with Gasteiger partial charge in [-0.3, -0.25) is 4.90 Å². The number of amides is 2. The summed E-state index contributed by atoms with van der Waals surface area (Å²) in [6.07, 6.45) is 1.96. The number of aliphatic hydroxyl groups is 1. The second-order valence-electron chi connectivity index (χ2n) is 9.63. The molecule has 0 bridgehead atoms. The van der Waals surface area contributed by atoms with Crippen molar-refractivity contribution in [1.29, 1.82) is 0 Å². The maximum Gasteiger partial charge on any atom is 0.321 e. The second-order valence-corrected chi connectivity index (χ2v) is 9.63. The Morgan fingerprint density at radius 1 is 0.946 bits per heavy atom. The smallest absolute Gasteiger partial charge is 0.321 e. The number of hydrogen-bond acceptors (Lipinski definition) is 4. The van der Waals surface area contributed by atoms with Crippen LogP contribution in [0.5, 0.6) is 5.75 Å². The molecule has 0 aliphatic carbocycles. The number of nitrogens with one attached hydrogen (secondary N) is 1. The van der Waals surface area contributed by atoms with Gasteiger partial charge < -0.3 is 20.1 Å². The minimum atomic E-state index is -0.0663. The second kappa shape index (κ2) is 11.5. The minimum Gasteiger partial charge on any atom is -0.497 e. The molecule has 3 aromatic carbocycles. The van der Waals surface area contributed by atoms with Crippen molar-refractivity contribution >= 4 is 11.7 Å². The first-order valence-corrected chi connectivity index (χ1v) is 12.9. The maximum absolute atomic E-state index is 13.1. The summed E-state index contributed by atoms with van der Waals surface area (Å²) < 4.78 is 5.21. The Kier molecular flexibility index (Phi) is 7.74. The summed E-state index contributed by atoms with van der Waals surface area (Å²) >= 11 is 0. The van der Waals surface area contributed by atoms with Crippen LogP contribution in [0.2, 0.25) is 0 Å². The summed E-state index contributed by atoms with van der Waals surface area (Å²) in [5.41, 5.74) is 3.86. The van der Waals surface area contributed by atoms with E-state index in [9.17, 15) is 9.90 Å². The lowest BCUT2D eigenvalue weighted by Crippen LogP contribution is -2.68. The van der Waals surface area contributed by atoms with Crippen LogP contribution in [0.25, 0.3) is 0 Å². The largest absolute Gasteiger partial charge is 0.497 e. The summed E-state index contributed by atoms with van der Waals surface area (Å²) in [7, 11) is 1.65. The molecule has 3 atom stereocenters. The van der Waals surface area contributed by atoms with Crippen LogP contribution in [0.3, 0.4) is 0 Å². The molecule has 5 rings (SSSR count). The third kappa shape index (κ3) is 5.64. The molecular weight excluding hydrogens is 462 g/mol. The Hall–Kier alpha value is -3.79. The van der Waals surface area contributed by atoms with Crippen molar-refractivity contribution in [1.82, 2.24) is 9.80 Å². The Morgan fingerprint density at radius 2 is 1.59 bits per heavy atom. The predicted molar refractivity (Wildman–Crippen MR) is 146 cm³/mol. The third-order valence-electron chi connectivity index (χ3n) is 7.42. The summed E-state index contributed by atoms with van der Waals surface area (Å²) in [6.45, 7) is 2.43. The van der Waals surface area contributed by atoms with Gasteiger partial charge in [0, 0.05) is 47.9 Å². The van der Waals surface area contributed by atoms with E-state index >= 15 is 0 Å². The van der Waals surface area contributed by atoms with E-state index in [1.807, 2.05) is 71.6 Å². The SMILES string of the molecule is COc1ccc(C#Cc2ccc([C@H]3[C@@H](CO)N4CCCCN(C(=O)Nc5ccccc5)C[C@@H]34)cc2)cc1. The molecule has 2 fully saturated rings. The van der Waals surface area contributed by atoms with Gasteiger partial charge in [0.25, 0.3) is 0 Å². The number of urea groups is 1. The molecule has 2 aliphatic rings. The van der Waals surface area contributed by atoms with Gasteiger partial charge >= 0.3 is 6.03 Å². The number of hydrogen-bond donors (Lipinski definition) is 2. The van der Waals surface area contributed by atoms with E-state index in [1.54, 1.807) is 7.11 Å². The van der Waals surface area contributed by atoms with Crippen molar-refractivity contribution in [3.63, 3.8) is 0 Å². The van der Waals surface area contributed by atoms with Crippen molar-refractivity contribution in [3.8, 4) is 17.6 Å². The fourth-order valence-electron chi connectivity index (χ4n) is 5.46. The number of fused-ring (bicyclic) bond motifs is 1. The maximum atomic E-state index is 13.1. The van der Waals surface area contributed by atoms with Crippen LogP contribution in [0.15, 0.2) is 78.9 Å². The molecule has 0 unspecified atom stereocenters. The van der Waals surface area contributed by atoms with Gasteiger partial charge in [-0.05, 0) is 73.5 Å². The van der Waals surface area contributed by atoms with Crippen molar-refractivity contribution < 1.29 is 14.6 Å². The van der Waals surface area contributed by atoms with Gasteiger partial charge in [-0.15, -0.1) is 0 Å². The molecule has 190 valence electrons. The van der Waals surface area contributed by atoms with Crippen molar-refractivity contribution in [2.24, 2.45) is 0 Å². The van der Waals surface area contributed by atoms with Gasteiger partial charge in [0.1, 0.15) is 5.75 Å². The third-order valence-corrected chi connectivity index (χ3v) is 7.42. The first kappa shape index (κ1) is 24.9. The molecule has 2 aliphatic heterocycles.